The van der Waals surface area contributed by atoms with E-state index in [1.54, 1.807) is 11.3 Å². The van der Waals surface area contributed by atoms with E-state index in [0.29, 0.717) is 18.9 Å². The third-order valence-corrected chi connectivity index (χ3v) is 4.19. The van der Waals surface area contributed by atoms with E-state index in [4.69, 9.17) is 5.73 Å². The predicted molar refractivity (Wildman–Crippen MR) is 106 cm³/mol. The first-order chi connectivity index (χ1) is 10.6. The molecule has 9 heteroatoms. The summed E-state index contributed by atoms with van der Waals surface area (Å²) in [5.41, 5.74) is 6.01. The molecule has 1 aliphatic heterocycles. The number of halogens is 1. The van der Waals surface area contributed by atoms with Gasteiger partial charge in [-0.1, -0.05) is 0 Å². The number of hydrogen-bond acceptors (Lipinski definition) is 5. The summed E-state index contributed by atoms with van der Waals surface area (Å²) >= 11 is 1.65. The lowest BCUT2D eigenvalue weighted by atomic mass is 10.3. The van der Waals surface area contributed by atoms with Crippen LogP contribution in [0.4, 0.5) is 5.13 Å². The number of carbonyl (C=O) groups is 1. The number of amides is 1. The fraction of sp³-hybridized carbons (Fsp3) is 0.643. The second kappa shape index (κ2) is 9.91. The summed E-state index contributed by atoms with van der Waals surface area (Å²) in [6.07, 6.45) is 2.20. The van der Waals surface area contributed by atoms with Crippen molar-refractivity contribution in [1.82, 2.24) is 15.2 Å². The molecule has 0 atom stereocenters. The second-order valence-corrected chi connectivity index (χ2v) is 6.37. The lowest BCUT2D eigenvalue weighted by Gasteiger charge is -2.35. The molecule has 1 saturated heterocycles. The van der Waals surface area contributed by atoms with Gasteiger partial charge < -0.3 is 20.9 Å². The first-order valence-electron chi connectivity index (χ1n) is 7.55. The molecule has 0 aliphatic carbocycles. The van der Waals surface area contributed by atoms with Crippen molar-refractivity contribution < 1.29 is 4.79 Å². The van der Waals surface area contributed by atoms with Crippen molar-refractivity contribution in [2.24, 2.45) is 10.7 Å². The van der Waals surface area contributed by atoms with Gasteiger partial charge in [0.25, 0.3) is 0 Å². The van der Waals surface area contributed by atoms with Crippen LogP contribution in [0.15, 0.2) is 16.6 Å². The summed E-state index contributed by atoms with van der Waals surface area (Å²) < 4.78 is 0. The molecule has 3 N–H and O–H groups in total. The zero-order valence-corrected chi connectivity index (χ0v) is 16.7. The molecule has 2 rings (SSSR count). The van der Waals surface area contributed by atoms with Crippen LogP contribution in [0.5, 0.6) is 0 Å². The van der Waals surface area contributed by atoms with E-state index in [1.807, 2.05) is 25.4 Å². The van der Waals surface area contributed by atoms with Gasteiger partial charge in [-0.25, -0.2) is 4.98 Å². The number of carbonyl (C=O) groups excluding carboxylic acids is 1. The Morgan fingerprint density at radius 3 is 2.70 bits per heavy atom. The minimum atomic E-state index is 0. The smallest absolute Gasteiger partial charge is 0.222 e. The molecule has 0 bridgehead atoms. The Balaban J connectivity index is 0.00000264. The fourth-order valence-corrected chi connectivity index (χ4v) is 2.96. The molecule has 23 heavy (non-hydrogen) atoms. The predicted octanol–water partition coefficient (Wildman–Crippen LogP) is 1.11. The normalized spacial score (nSPS) is 15.5. The quantitative estimate of drug-likeness (QED) is 0.397. The van der Waals surface area contributed by atoms with Gasteiger partial charge in [0.1, 0.15) is 0 Å². The second-order valence-electron chi connectivity index (χ2n) is 5.50. The Morgan fingerprint density at radius 1 is 1.43 bits per heavy atom. The number of nitrogens with zero attached hydrogens (tertiary/aromatic N) is 4. The highest BCUT2D eigenvalue weighted by Gasteiger charge is 2.19. The zero-order chi connectivity index (χ0) is 15.9. The number of piperazine rings is 1. The average molecular weight is 452 g/mol. The molecule has 2 heterocycles. The number of anilines is 1. The van der Waals surface area contributed by atoms with Crippen molar-refractivity contribution in [2.45, 2.75) is 26.3 Å². The standard InChI is InChI=1S/C14H24N6OS.HI/c1-11(2)18-12(21)3-4-16-13(15)19-6-8-20(9-7-19)14-17-5-10-22-14;/h5,10-11H,3-4,6-9H2,1-2H3,(H2,15,16)(H,18,21);1H. The molecule has 0 aromatic carbocycles. The van der Waals surface area contributed by atoms with Crippen molar-refractivity contribution >= 4 is 52.3 Å². The first kappa shape index (κ1) is 19.9. The van der Waals surface area contributed by atoms with Gasteiger partial charge >= 0.3 is 0 Å². The van der Waals surface area contributed by atoms with Crippen molar-refractivity contribution in [1.29, 1.82) is 0 Å². The molecular weight excluding hydrogens is 427 g/mol. The number of nitrogens with one attached hydrogen (secondary N) is 1. The number of nitrogens with two attached hydrogens (primary N) is 1. The summed E-state index contributed by atoms with van der Waals surface area (Å²) in [4.78, 5) is 24.5. The summed E-state index contributed by atoms with van der Waals surface area (Å²) in [5, 5.41) is 5.88. The fourth-order valence-electron chi connectivity index (χ4n) is 2.27. The molecule has 1 amide bonds. The van der Waals surface area contributed by atoms with E-state index in [9.17, 15) is 4.79 Å². The van der Waals surface area contributed by atoms with Crippen molar-refractivity contribution in [3.63, 3.8) is 0 Å². The maximum absolute atomic E-state index is 11.5. The Kier molecular flexibility index (Phi) is 8.59. The molecule has 0 saturated carbocycles. The highest BCUT2D eigenvalue weighted by Crippen LogP contribution is 2.18. The number of guanidine groups is 1. The van der Waals surface area contributed by atoms with Gasteiger partial charge in [-0.3, -0.25) is 9.79 Å². The third kappa shape index (κ3) is 6.50. The maximum atomic E-state index is 11.5. The molecule has 0 spiro atoms. The van der Waals surface area contributed by atoms with Crippen LogP contribution in [0.2, 0.25) is 0 Å². The van der Waals surface area contributed by atoms with Crippen LogP contribution < -0.4 is 16.0 Å². The van der Waals surface area contributed by atoms with Gasteiger partial charge in [0, 0.05) is 50.2 Å². The van der Waals surface area contributed by atoms with Gasteiger partial charge in [0.2, 0.25) is 5.91 Å². The van der Waals surface area contributed by atoms with Crippen molar-refractivity contribution in [2.75, 3.05) is 37.6 Å². The highest BCUT2D eigenvalue weighted by atomic mass is 127. The monoisotopic (exact) mass is 452 g/mol. The van der Waals surface area contributed by atoms with Gasteiger partial charge in [0.05, 0.1) is 6.54 Å². The molecule has 1 aliphatic rings. The van der Waals surface area contributed by atoms with E-state index in [-0.39, 0.29) is 35.9 Å². The SMILES string of the molecule is CC(C)NC(=O)CCN=C(N)N1CCN(c2nccs2)CC1.I. The van der Waals surface area contributed by atoms with Crippen LogP contribution in [0.25, 0.3) is 0 Å². The Labute approximate surface area is 158 Å². The Morgan fingerprint density at radius 2 is 2.13 bits per heavy atom. The molecular formula is C14H25IN6OS. The van der Waals surface area contributed by atoms with Gasteiger partial charge in [0.15, 0.2) is 11.1 Å². The minimum absolute atomic E-state index is 0. The summed E-state index contributed by atoms with van der Waals surface area (Å²) in [6, 6.07) is 0.160. The molecule has 1 aromatic rings. The molecule has 0 radical (unpaired) electrons. The topological polar surface area (TPSA) is 86.8 Å². The van der Waals surface area contributed by atoms with Gasteiger partial charge in [-0.2, -0.15) is 0 Å². The van der Waals surface area contributed by atoms with Crippen LogP contribution in [0, 0.1) is 0 Å². The largest absolute Gasteiger partial charge is 0.370 e. The highest BCUT2D eigenvalue weighted by molar-refractivity contribution is 14.0. The first-order valence-corrected chi connectivity index (χ1v) is 8.43. The lowest BCUT2D eigenvalue weighted by molar-refractivity contribution is -0.121. The third-order valence-electron chi connectivity index (χ3n) is 3.36. The molecule has 1 fully saturated rings. The Bertz CT molecular complexity index is 499. The van der Waals surface area contributed by atoms with Crippen LogP contribution in [0.1, 0.15) is 20.3 Å². The van der Waals surface area contributed by atoms with E-state index < -0.39 is 0 Å². The van der Waals surface area contributed by atoms with E-state index in [2.05, 4.69) is 25.1 Å². The number of thiazole rings is 1. The zero-order valence-electron chi connectivity index (χ0n) is 13.6. The van der Waals surface area contributed by atoms with E-state index in [0.717, 1.165) is 31.3 Å². The molecule has 0 unspecified atom stereocenters. The van der Waals surface area contributed by atoms with Gasteiger partial charge in [-0.05, 0) is 13.8 Å². The lowest BCUT2D eigenvalue weighted by Crippen LogP contribution is -2.51. The van der Waals surface area contributed by atoms with Crippen molar-refractivity contribution in [3.8, 4) is 0 Å². The summed E-state index contributed by atoms with van der Waals surface area (Å²) in [7, 11) is 0. The molecule has 1 aromatic heterocycles. The van der Waals surface area contributed by atoms with Crippen LogP contribution >= 0.6 is 35.3 Å². The molecule has 130 valence electrons. The van der Waals surface area contributed by atoms with E-state index in [1.165, 1.54) is 0 Å². The van der Waals surface area contributed by atoms with Crippen LogP contribution in [-0.4, -0.2) is 60.5 Å². The molecule has 7 nitrogen and oxygen atoms in total. The van der Waals surface area contributed by atoms with Gasteiger partial charge in [-0.15, -0.1) is 35.3 Å². The number of rotatable bonds is 5. The Hall–Kier alpha value is -1.10. The minimum Gasteiger partial charge on any atom is -0.370 e. The maximum Gasteiger partial charge on any atom is 0.222 e. The number of hydrogen-bond donors (Lipinski definition) is 2. The van der Waals surface area contributed by atoms with Crippen LogP contribution in [0.3, 0.4) is 0 Å². The number of aliphatic imine (C=N–C) groups is 1. The average Bonchev–Trinajstić information content (AvgIpc) is 3.00. The number of aromatic nitrogens is 1. The van der Waals surface area contributed by atoms with Crippen LogP contribution in [-0.2, 0) is 4.79 Å². The van der Waals surface area contributed by atoms with E-state index >= 15 is 0 Å². The summed E-state index contributed by atoms with van der Waals surface area (Å²) in [6.45, 7) is 7.74. The van der Waals surface area contributed by atoms with Crippen molar-refractivity contribution in [3.05, 3.63) is 11.6 Å². The summed E-state index contributed by atoms with van der Waals surface area (Å²) in [5.74, 6) is 0.538.